The van der Waals surface area contributed by atoms with E-state index in [1.165, 1.54) is 4.31 Å². The SMILES string of the molecule is CS(=O)(=O)N1CCSCC1C(N)=O. The molecule has 0 aromatic carbocycles. The van der Waals surface area contributed by atoms with Crippen LogP contribution in [0.25, 0.3) is 0 Å². The predicted molar refractivity (Wildman–Crippen MR) is 51.9 cm³/mol. The second-order valence-corrected chi connectivity index (χ2v) is 5.95. The van der Waals surface area contributed by atoms with Crippen LogP contribution in [0.3, 0.4) is 0 Å². The van der Waals surface area contributed by atoms with Gasteiger partial charge in [-0.05, 0) is 0 Å². The smallest absolute Gasteiger partial charge is 0.236 e. The van der Waals surface area contributed by atoms with Crippen molar-refractivity contribution in [2.24, 2.45) is 5.73 Å². The molecule has 0 aliphatic carbocycles. The highest BCUT2D eigenvalue weighted by atomic mass is 32.2. The van der Waals surface area contributed by atoms with E-state index in [1.807, 2.05) is 0 Å². The maximum atomic E-state index is 11.2. The van der Waals surface area contributed by atoms with Crippen molar-refractivity contribution in [1.82, 2.24) is 4.31 Å². The van der Waals surface area contributed by atoms with Crippen molar-refractivity contribution in [3.8, 4) is 0 Å². The molecule has 0 bridgehead atoms. The molecule has 1 atom stereocenters. The van der Waals surface area contributed by atoms with E-state index in [1.54, 1.807) is 11.8 Å². The molecule has 1 aliphatic heterocycles. The summed E-state index contributed by atoms with van der Waals surface area (Å²) in [6, 6.07) is -0.672. The van der Waals surface area contributed by atoms with Gasteiger partial charge in [-0.1, -0.05) is 0 Å². The molecule has 0 spiro atoms. The average Bonchev–Trinajstić information content (AvgIpc) is 2.03. The van der Waals surface area contributed by atoms with Crippen molar-refractivity contribution < 1.29 is 13.2 Å². The van der Waals surface area contributed by atoms with Gasteiger partial charge in [0.2, 0.25) is 15.9 Å². The Bertz CT molecular complexity index is 301. The van der Waals surface area contributed by atoms with Crippen LogP contribution in [0.5, 0.6) is 0 Å². The zero-order chi connectivity index (χ0) is 10.1. The van der Waals surface area contributed by atoms with Crippen LogP contribution in [-0.4, -0.2) is 49.0 Å². The van der Waals surface area contributed by atoms with Gasteiger partial charge in [-0.2, -0.15) is 16.1 Å². The number of sulfonamides is 1. The molecule has 0 aromatic heterocycles. The summed E-state index contributed by atoms with van der Waals surface area (Å²) in [6.07, 6.45) is 1.10. The Morgan fingerprint density at radius 2 is 2.23 bits per heavy atom. The summed E-state index contributed by atoms with van der Waals surface area (Å²) < 4.78 is 23.6. The monoisotopic (exact) mass is 224 g/mol. The van der Waals surface area contributed by atoms with Crippen LogP contribution < -0.4 is 5.73 Å². The van der Waals surface area contributed by atoms with Crippen molar-refractivity contribution in [3.63, 3.8) is 0 Å². The first-order valence-corrected chi connectivity index (χ1v) is 6.77. The summed E-state index contributed by atoms with van der Waals surface area (Å²) in [5.41, 5.74) is 5.10. The van der Waals surface area contributed by atoms with Gasteiger partial charge in [-0.3, -0.25) is 4.79 Å². The van der Waals surface area contributed by atoms with Gasteiger partial charge < -0.3 is 5.73 Å². The van der Waals surface area contributed by atoms with E-state index in [4.69, 9.17) is 5.73 Å². The molecule has 7 heteroatoms. The summed E-state index contributed by atoms with van der Waals surface area (Å²) >= 11 is 1.54. The van der Waals surface area contributed by atoms with Crippen LogP contribution in [-0.2, 0) is 14.8 Å². The summed E-state index contributed by atoms with van der Waals surface area (Å²) in [4.78, 5) is 10.9. The van der Waals surface area contributed by atoms with Crippen LogP contribution >= 0.6 is 11.8 Å². The van der Waals surface area contributed by atoms with E-state index in [-0.39, 0.29) is 0 Å². The fraction of sp³-hybridized carbons (Fsp3) is 0.833. The topological polar surface area (TPSA) is 80.5 Å². The van der Waals surface area contributed by atoms with Gasteiger partial charge in [-0.25, -0.2) is 8.42 Å². The third-order valence-electron chi connectivity index (χ3n) is 1.83. The van der Waals surface area contributed by atoms with Gasteiger partial charge in [0.15, 0.2) is 0 Å². The molecule has 1 unspecified atom stereocenters. The van der Waals surface area contributed by atoms with E-state index in [0.717, 1.165) is 12.0 Å². The molecule has 0 aromatic rings. The van der Waals surface area contributed by atoms with Gasteiger partial charge in [0.1, 0.15) is 6.04 Å². The lowest BCUT2D eigenvalue weighted by Crippen LogP contribution is -2.52. The number of rotatable bonds is 2. The van der Waals surface area contributed by atoms with Gasteiger partial charge in [0, 0.05) is 18.1 Å². The third-order valence-corrected chi connectivity index (χ3v) is 4.15. The molecule has 2 N–H and O–H groups in total. The number of hydrogen-bond acceptors (Lipinski definition) is 4. The quantitative estimate of drug-likeness (QED) is 0.642. The first-order chi connectivity index (χ1) is 5.93. The maximum absolute atomic E-state index is 11.2. The second-order valence-electron chi connectivity index (χ2n) is 2.87. The van der Waals surface area contributed by atoms with Crippen molar-refractivity contribution in [2.75, 3.05) is 24.3 Å². The standard InChI is InChI=1S/C6H12N2O3S2/c1-13(10,11)8-2-3-12-4-5(8)6(7)9/h5H,2-4H2,1H3,(H2,7,9). The Morgan fingerprint density at radius 3 is 2.62 bits per heavy atom. The molecule has 1 aliphatic rings. The van der Waals surface area contributed by atoms with E-state index < -0.39 is 22.0 Å². The normalized spacial score (nSPS) is 25.8. The molecule has 1 fully saturated rings. The molecular formula is C6H12N2O3S2. The molecule has 13 heavy (non-hydrogen) atoms. The highest BCUT2D eigenvalue weighted by Crippen LogP contribution is 2.18. The second kappa shape index (κ2) is 3.85. The number of nitrogens with zero attached hydrogens (tertiary/aromatic N) is 1. The number of primary amides is 1. The number of nitrogens with two attached hydrogens (primary N) is 1. The van der Waals surface area contributed by atoms with Crippen LogP contribution in [0, 0.1) is 0 Å². The Kier molecular flexibility index (Phi) is 3.20. The highest BCUT2D eigenvalue weighted by molar-refractivity contribution is 7.99. The highest BCUT2D eigenvalue weighted by Gasteiger charge is 2.33. The van der Waals surface area contributed by atoms with Crippen molar-refractivity contribution in [2.45, 2.75) is 6.04 Å². The van der Waals surface area contributed by atoms with E-state index in [2.05, 4.69) is 0 Å². The van der Waals surface area contributed by atoms with Gasteiger partial charge in [0.05, 0.1) is 6.26 Å². The summed E-state index contributed by atoms with van der Waals surface area (Å²) in [7, 11) is -3.30. The summed E-state index contributed by atoms with van der Waals surface area (Å²) in [5.74, 6) is 0.608. The first-order valence-electron chi connectivity index (χ1n) is 3.77. The summed E-state index contributed by atoms with van der Waals surface area (Å²) in [6.45, 7) is 0.372. The first kappa shape index (κ1) is 10.8. The molecule has 1 rings (SSSR count). The maximum Gasteiger partial charge on any atom is 0.236 e. The van der Waals surface area contributed by atoms with Crippen molar-refractivity contribution in [1.29, 1.82) is 0 Å². The minimum Gasteiger partial charge on any atom is -0.368 e. The van der Waals surface area contributed by atoms with Crippen molar-refractivity contribution >= 4 is 27.7 Å². The largest absolute Gasteiger partial charge is 0.368 e. The number of thioether (sulfide) groups is 1. The predicted octanol–water partition coefficient (Wildman–Crippen LogP) is -1.15. The van der Waals surface area contributed by atoms with Crippen LogP contribution in [0.1, 0.15) is 0 Å². The number of carbonyl (C=O) groups excluding carboxylic acids is 1. The number of carbonyl (C=O) groups is 1. The Labute approximate surface area is 81.7 Å². The van der Waals surface area contributed by atoms with Gasteiger partial charge in [0.25, 0.3) is 0 Å². The average molecular weight is 224 g/mol. The molecule has 5 nitrogen and oxygen atoms in total. The minimum absolute atomic E-state index is 0.372. The van der Waals surface area contributed by atoms with E-state index in [0.29, 0.717) is 12.3 Å². The van der Waals surface area contributed by atoms with Gasteiger partial charge in [-0.15, -0.1) is 0 Å². The molecule has 0 radical (unpaired) electrons. The molecule has 1 heterocycles. The molecule has 1 saturated heterocycles. The molecule has 76 valence electrons. The van der Waals surface area contributed by atoms with Crippen LogP contribution in [0.2, 0.25) is 0 Å². The van der Waals surface area contributed by atoms with Gasteiger partial charge >= 0.3 is 0 Å². The Morgan fingerprint density at radius 1 is 1.62 bits per heavy atom. The molecular weight excluding hydrogens is 212 g/mol. The zero-order valence-corrected chi connectivity index (χ0v) is 8.90. The lowest BCUT2D eigenvalue weighted by atomic mass is 10.3. The third kappa shape index (κ3) is 2.58. The number of hydrogen-bond donors (Lipinski definition) is 1. The Balaban J connectivity index is 2.86. The fourth-order valence-electron chi connectivity index (χ4n) is 1.21. The Hall–Kier alpha value is -0.270. The van der Waals surface area contributed by atoms with Crippen LogP contribution in [0.4, 0.5) is 0 Å². The van der Waals surface area contributed by atoms with E-state index >= 15 is 0 Å². The lowest BCUT2D eigenvalue weighted by Gasteiger charge is -2.30. The van der Waals surface area contributed by atoms with Crippen molar-refractivity contribution in [3.05, 3.63) is 0 Å². The summed E-state index contributed by atoms with van der Waals surface area (Å²) in [5, 5.41) is 0. The van der Waals surface area contributed by atoms with Crippen LogP contribution in [0.15, 0.2) is 0 Å². The lowest BCUT2D eigenvalue weighted by molar-refractivity contribution is -0.121. The zero-order valence-electron chi connectivity index (χ0n) is 7.26. The fourth-order valence-corrected chi connectivity index (χ4v) is 3.54. The molecule has 0 saturated carbocycles. The minimum atomic E-state index is -3.30. The van der Waals surface area contributed by atoms with E-state index in [9.17, 15) is 13.2 Å². The molecule has 1 amide bonds. The number of amides is 1.